The molecule has 1 unspecified atom stereocenters. The summed E-state index contributed by atoms with van der Waals surface area (Å²) >= 11 is 5.97. The van der Waals surface area contributed by atoms with Crippen LogP contribution in [0.15, 0.2) is 66.2 Å². The molecule has 3 aromatic rings. The Morgan fingerprint density at radius 1 is 1.03 bits per heavy atom. The Kier molecular flexibility index (Phi) is 7.17. The summed E-state index contributed by atoms with van der Waals surface area (Å²) in [6, 6.07) is 13.4. The topological polar surface area (TPSA) is 96.3 Å². The largest absolute Gasteiger partial charge is 0.507 e. The normalized spacial score (nSPS) is 16.9. The van der Waals surface area contributed by atoms with E-state index in [2.05, 4.69) is 0 Å². The molecular formula is C27H23ClFNO6. The molecule has 1 saturated heterocycles. The summed E-state index contributed by atoms with van der Waals surface area (Å²) in [4.78, 5) is 27.7. The van der Waals surface area contributed by atoms with Crippen LogP contribution in [0.1, 0.15) is 31.0 Å². The fraction of sp³-hybridized carbons (Fsp3) is 0.185. The van der Waals surface area contributed by atoms with E-state index in [1.54, 1.807) is 31.2 Å². The minimum absolute atomic E-state index is 0.133. The van der Waals surface area contributed by atoms with E-state index in [9.17, 15) is 24.2 Å². The van der Waals surface area contributed by atoms with Gasteiger partial charge >= 0.3 is 0 Å². The number of Topliss-reactive ketones (excluding diaryl/α,β-unsaturated/α-hetero) is 1. The summed E-state index contributed by atoms with van der Waals surface area (Å²) in [6.07, 6.45) is 0. The number of anilines is 1. The molecule has 1 heterocycles. The highest BCUT2D eigenvalue weighted by molar-refractivity contribution is 6.51. The van der Waals surface area contributed by atoms with E-state index in [1.165, 1.54) is 30.3 Å². The number of aliphatic hydroxyl groups excluding tert-OH is 1. The van der Waals surface area contributed by atoms with Crippen LogP contribution in [-0.2, 0) is 9.59 Å². The first kappa shape index (κ1) is 25.1. The number of phenols is 1. The van der Waals surface area contributed by atoms with Crippen molar-refractivity contribution in [3.63, 3.8) is 0 Å². The minimum Gasteiger partial charge on any atom is -0.507 e. The molecule has 1 fully saturated rings. The van der Waals surface area contributed by atoms with Crippen molar-refractivity contribution in [1.82, 2.24) is 0 Å². The first-order valence-electron chi connectivity index (χ1n) is 11.2. The van der Waals surface area contributed by atoms with Gasteiger partial charge in [-0.2, -0.15) is 0 Å². The Bertz CT molecular complexity index is 1370. The number of carbonyl (C=O) groups excluding carboxylic acids is 2. The standard InChI is InChI=1S/C27H23ClFNO6/c1-3-35-18-7-5-6-16(12-18)25(32)23-24(15-8-11-21(31)22(13-15)36-4-2)30(27(34)26(23)33)17-9-10-20(29)19(28)14-17/h5-14,24,31-32H,3-4H2,1-2H3/b25-23+. The quantitative estimate of drug-likeness (QED) is 0.243. The summed E-state index contributed by atoms with van der Waals surface area (Å²) < 4.78 is 24.9. The van der Waals surface area contributed by atoms with Gasteiger partial charge in [-0.3, -0.25) is 14.5 Å². The number of nitrogens with zero attached hydrogens (tertiary/aromatic N) is 1. The number of aliphatic hydroxyl groups is 1. The molecule has 0 aromatic heterocycles. The number of amides is 1. The number of benzene rings is 3. The van der Waals surface area contributed by atoms with E-state index >= 15 is 0 Å². The number of aromatic hydroxyl groups is 1. The Morgan fingerprint density at radius 2 is 1.78 bits per heavy atom. The number of hydrogen-bond donors (Lipinski definition) is 2. The lowest BCUT2D eigenvalue weighted by atomic mass is 9.94. The maximum absolute atomic E-state index is 13.9. The minimum atomic E-state index is -1.12. The van der Waals surface area contributed by atoms with Crippen LogP contribution in [0.4, 0.5) is 10.1 Å². The van der Waals surface area contributed by atoms with E-state index in [1.807, 2.05) is 6.92 Å². The smallest absolute Gasteiger partial charge is 0.300 e. The molecule has 3 aromatic carbocycles. The van der Waals surface area contributed by atoms with Crippen molar-refractivity contribution in [3.8, 4) is 17.2 Å². The van der Waals surface area contributed by atoms with Gasteiger partial charge in [-0.1, -0.05) is 29.8 Å². The second kappa shape index (κ2) is 10.3. The first-order valence-corrected chi connectivity index (χ1v) is 11.6. The molecular weight excluding hydrogens is 489 g/mol. The lowest BCUT2D eigenvalue weighted by Crippen LogP contribution is -2.29. The van der Waals surface area contributed by atoms with Crippen molar-refractivity contribution < 1.29 is 33.7 Å². The van der Waals surface area contributed by atoms with Crippen molar-refractivity contribution in [2.75, 3.05) is 18.1 Å². The lowest BCUT2D eigenvalue weighted by Gasteiger charge is -2.26. The van der Waals surface area contributed by atoms with E-state index in [-0.39, 0.29) is 40.0 Å². The highest BCUT2D eigenvalue weighted by atomic mass is 35.5. The van der Waals surface area contributed by atoms with Crippen molar-refractivity contribution in [2.45, 2.75) is 19.9 Å². The van der Waals surface area contributed by atoms with Gasteiger partial charge in [0.1, 0.15) is 17.3 Å². The van der Waals surface area contributed by atoms with Crippen LogP contribution in [0.5, 0.6) is 17.2 Å². The maximum atomic E-state index is 13.9. The number of phenolic OH excluding ortho intramolecular Hbond substituents is 1. The van der Waals surface area contributed by atoms with Crippen LogP contribution >= 0.6 is 11.6 Å². The number of ether oxygens (including phenoxy) is 2. The van der Waals surface area contributed by atoms with Crippen molar-refractivity contribution >= 4 is 34.7 Å². The van der Waals surface area contributed by atoms with Gasteiger partial charge in [0.25, 0.3) is 11.7 Å². The molecule has 0 spiro atoms. The van der Waals surface area contributed by atoms with Gasteiger partial charge in [-0.05, 0) is 61.9 Å². The molecule has 1 amide bonds. The molecule has 0 radical (unpaired) electrons. The van der Waals surface area contributed by atoms with Gasteiger partial charge in [0.15, 0.2) is 11.5 Å². The lowest BCUT2D eigenvalue weighted by molar-refractivity contribution is -0.132. The van der Waals surface area contributed by atoms with Gasteiger partial charge in [-0.25, -0.2) is 4.39 Å². The third-order valence-corrected chi connectivity index (χ3v) is 5.93. The average molecular weight is 512 g/mol. The first-order chi connectivity index (χ1) is 17.3. The Morgan fingerprint density at radius 3 is 2.47 bits per heavy atom. The molecule has 2 N–H and O–H groups in total. The summed E-state index contributed by atoms with van der Waals surface area (Å²) in [7, 11) is 0. The molecule has 0 bridgehead atoms. The third kappa shape index (κ3) is 4.59. The number of hydrogen-bond acceptors (Lipinski definition) is 6. The van der Waals surface area contributed by atoms with Crippen molar-refractivity contribution in [3.05, 3.63) is 88.2 Å². The van der Waals surface area contributed by atoms with Gasteiger partial charge in [0.05, 0.1) is 29.9 Å². The molecule has 186 valence electrons. The summed E-state index contributed by atoms with van der Waals surface area (Å²) in [5.74, 6) is -2.50. The predicted molar refractivity (Wildman–Crippen MR) is 133 cm³/mol. The van der Waals surface area contributed by atoms with Crippen LogP contribution in [-0.4, -0.2) is 35.1 Å². The van der Waals surface area contributed by atoms with Gasteiger partial charge in [0, 0.05) is 11.3 Å². The fourth-order valence-corrected chi connectivity index (χ4v) is 4.25. The van der Waals surface area contributed by atoms with E-state index in [0.29, 0.717) is 17.9 Å². The Balaban J connectivity index is 1.95. The zero-order chi connectivity index (χ0) is 26.0. The molecule has 7 nitrogen and oxygen atoms in total. The summed E-state index contributed by atoms with van der Waals surface area (Å²) in [5.41, 5.74) is 0.604. The zero-order valence-corrected chi connectivity index (χ0v) is 20.3. The second-order valence-corrected chi connectivity index (χ2v) is 8.30. The summed E-state index contributed by atoms with van der Waals surface area (Å²) in [6.45, 7) is 4.21. The van der Waals surface area contributed by atoms with E-state index < -0.39 is 29.3 Å². The SMILES string of the molecule is CCOc1cccc(/C(O)=C2\C(=O)C(=O)N(c3ccc(F)c(Cl)c3)C2c2ccc(O)c(OCC)c2)c1. The molecule has 9 heteroatoms. The van der Waals surface area contributed by atoms with E-state index in [4.69, 9.17) is 21.1 Å². The highest BCUT2D eigenvalue weighted by Crippen LogP contribution is 2.44. The Labute approximate surface area is 212 Å². The molecule has 1 aliphatic heterocycles. The van der Waals surface area contributed by atoms with Gasteiger partial charge in [-0.15, -0.1) is 0 Å². The van der Waals surface area contributed by atoms with Crippen LogP contribution in [0, 0.1) is 5.82 Å². The van der Waals surface area contributed by atoms with Gasteiger partial charge < -0.3 is 19.7 Å². The molecule has 0 aliphatic carbocycles. The number of ketones is 1. The van der Waals surface area contributed by atoms with Crippen LogP contribution in [0.3, 0.4) is 0 Å². The monoisotopic (exact) mass is 511 g/mol. The number of halogens is 2. The third-order valence-electron chi connectivity index (χ3n) is 5.64. The average Bonchev–Trinajstić information content (AvgIpc) is 3.12. The van der Waals surface area contributed by atoms with E-state index in [0.717, 1.165) is 11.0 Å². The molecule has 1 atom stereocenters. The predicted octanol–water partition coefficient (Wildman–Crippen LogP) is 5.61. The molecule has 4 rings (SSSR count). The number of carbonyl (C=O) groups is 2. The van der Waals surface area contributed by atoms with Crippen molar-refractivity contribution in [2.24, 2.45) is 0 Å². The molecule has 1 aliphatic rings. The maximum Gasteiger partial charge on any atom is 0.300 e. The Hall–Kier alpha value is -4.04. The van der Waals surface area contributed by atoms with Crippen LogP contribution in [0.25, 0.3) is 5.76 Å². The highest BCUT2D eigenvalue weighted by Gasteiger charge is 2.47. The second-order valence-electron chi connectivity index (χ2n) is 7.89. The summed E-state index contributed by atoms with van der Waals surface area (Å²) in [5, 5.41) is 21.2. The van der Waals surface area contributed by atoms with Crippen LogP contribution < -0.4 is 14.4 Å². The molecule has 36 heavy (non-hydrogen) atoms. The molecule has 0 saturated carbocycles. The van der Waals surface area contributed by atoms with Crippen molar-refractivity contribution in [1.29, 1.82) is 0 Å². The number of rotatable bonds is 7. The van der Waals surface area contributed by atoms with Crippen LogP contribution in [0.2, 0.25) is 5.02 Å². The van der Waals surface area contributed by atoms with Gasteiger partial charge in [0.2, 0.25) is 0 Å². The fourth-order valence-electron chi connectivity index (χ4n) is 4.08. The zero-order valence-electron chi connectivity index (χ0n) is 19.5.